The molecule has 16 nitrogen and oxygen atoms in total. The molecule has 1 aromatic rings. The number of benzene rings is 1. The van der Waals surface area contributed by atoms with E-state index in [1.54, 1.807) is 7.11 Å². The largest absolute Gasteiger partial charge is 0.496 e. The zero-order valence-corrected chi connectivity index (χ0v) is 29.8. The van der Waals surface area contributed by atoms with E-state index in [2.05, 4.69) is 20.9 Å². The minimum Gasteiger partial charge on any atom is -0.496 e. The highest BCUT2D eigenvalue weighted by molar-refractivity contribution is 6.33. The monoisotopic (exact) mass is 733 g/mol. The normalized spacial score (nSPS) is 18.9. The van der Waals surface area contributed by atoms with Crippen LogP contribution in [0.4, 0.5) is 5.69 Å². The number of amides is 3. The van der Waals surface area contributed by atoms with E-state index in [-0.39, 0.29) is 54.3 Å². The van der Waals surface area contributed by atoms with Crippen LogP contribution in [0.15, 0.2) is 12.1 Å². The Bertz CT molecular complexity index is 1180. The number of nitrogen functional groups attached to an aromatic ring is 1. The van der Waals surface area contributed by atoms with E-state index in [0.29, 0.717) is 62.7 Å². The van der Waals surface area contributed by atoms with Crippen molar-refractivity contribution in [3.8, 4) is 5.75 Å². The third kappa shape index (κ3) is 15.2. The highest BCUT2D eigenvalue weighted by atomic mass is 35.5. The van der Waals surface area contributed by atoms with E-state index in [1.807, 2.05) is 0 Å². The Hall–Kier alpha value is -2.80. The molecule has 1 saturated heterocycles. The molecule has 286 valence electrons. The zero-order valence-electron chi connectivity index (χ0n) is 29.0. The Labute approximate surface area is 298 Å². The molecule has 0 radical (unpaired) electrons. The van der Waals surface area contributed by atoms with Crippen LogP contribution < -0.4 is 26.4 Å². The fourth-order valence-corrected chi connectivity index (χ4v) is 5.62. The summed E-state index contributed by atoms with van der Waals surface area (Å²) in [7, 11) is 3.07. The summed E-state index contributed by atoms with van der Waals surface area (Å²) in [4.78, 5) is 39.3. The molecule has 2 rings (SSSR count). The predicted molar refractivity (Wildman–Crippen MR) is 186 cm³/mol. The molecule has 1 aliphatic heterocycles. The number of unbranched alkanes of at least 4 members (excludes halogenated alkanes) is 4. The minimum absolute atomic E-state index is 0.0811. The van der Waals surface area contributed by atoms with Crippen molar-refractivity contribution in [3.05, 3.63) is 22.7 Å². The van der Waals surface area contributed by atoms with Crippen LogP contribution in [0.25, 0.3) is 0 Å². The number of carbonyl (C=O) groups excluding carboxylic acids is 3. The highest BCUT2D eigenvalue weighted by Gasteiger charge is 2.32. The van der Waals surface area contributed by atoms with Gasteiger partial charge in [0.25, 0.3) is 5.91 Å². The van der Waals surface area contributed by atoms with Gasteiger partial charge in [-0.25, -0.2) is 0 Å². The van der Waals surface area contributed by atoms with Gasteiger partial charge < -0.3 is 61.4 Å². The summed E-state index contributed by atoms with van der Waals surface area (Å²) in [5.41, 5.74) is 6.46. The van der Waals surface area contributed by atoms with Gasteiger partial charge in [-0.15, -0.1) is 0 Å². The van der Waals surface area contributed by atoms with Crippen molar-refractivity contribution < 1.29 is 54.1 Å². The van der Waals surface area contributed by atoms with Crippen molar-refractivity contribution in [1.29, 1.82) is 0 Å². The topological polar surface area (TPSA) is 245 Å². The van der Waals surface area contributed by atoms with E-state index >= 15 is 0 Å². The average Bonchev–Trinajstić information content (AvgIpc) is 3.11. The molecule has 50 heavy (non-hydrogen) atoms. The van der Waals surface area contributed by atoms with Crippen LogP contribution in [0.5, 0.6) is 5.75 Å². The Balaban J connectivity index is 1.49. The third-order valence-electron chi connectivity index (χ3n) is 8.59. The second-order valence-corrected chi connectivity index (χ2v) is 12.8. The van der Waals surface area contributed by atoms with Crippen LogP contribution in [0, 0.1) is 0 Å². The van der Waals surface area contributed by atoms with Gasteiger partial charge in [-0.3, -0.25) is 19.3 Å². The molecule has 0 bridgehead atoms. The number of methoxy groups -OCH3 is 2. The Morgan fingerprint density at radius 2 is 1.64 bits per heavy atom. The summed E-state index contributed by atoms with van der Waals surface area (Å²) >= 11 is 6.12. The number of aliphatic hydroxyl groups excluding tert-OH is 5. The molecule has 0 aliphatic carbocycles. The molecule has 0 spiro atoms. The van der Waals surface area contributed by atoms with Crippen molar-refractivity contribution in [2.24, 2.45) is 0 Å². The van der Waals surface area contributed by atoms with Gasteiger partial charge in [-0.05, 0) is 25.3 Å². The molecule has 6 atom stereocenters. The number of hydrogen-bond acceptors (Lipinski definition) is 13. The Morgan fingerprint density at radius 1 is 0.960 bits per heavy atom. The lowest BCUT2D eigenvalue weighted by atomic mass is 10.0. The van der Waals surface area contributed by atoms with E-state index in [0.717, 1.165) is 32.2 Å². The number of carbonyl (C=O) groups is 3. The number of likely N-dealkylation sites (tertiary alicyclic amines) is 1. The summed E-state index contributed by atoms with van der Waals surface area (Å²) in [6.07, 6.45) is -1.56. The maximum atomic E-state index is 13.0. The second-order valence-electron chi connectivity index (χ2n) is 12.4. The lowest BCUT2D eigenvalue weighted by Gasteiger charge is -2.38. The number of nitrogens with zero attached hydrogens (tertiary/aromatic N) is 1. The molecule has 1 aromatic carbocycles. The van der Waals surface area contributed by atoms with Crippen molar-refractivity contribution in [2.45, 2.75) is 87.9 Å². The van der Waals surface area contributed by atoms with E-state index in [1.165, 1.54) is 19.2 Å². The molecule has 1 heterocycles. The van der Waals surface area contributed by atoms with Gasteiger partial charge in [-0.1, -0.05) is 30.9 Å². The van der Waals surface area contributed by atoms with Crippen LogP contribution >= 0.6 is 11.6 Å². The first-order valence-corrected chi connectivity index (χ1v) is 17.4. The van der Waals surface area contributed by atoms with Gasteiger partial charge in [0.1, 0.15) is 24.1 Å². The van der Waals surface area contributed by atoms with Gasteiger partial charge in [-0.2, -0.15) is 0 Å². The summed E-state index contributed by atoms with van der Waals surface area (Å²) in [5.74, 6) is -0.370. The lowest BCUT2D eigenvalue weighted by molar-refractivity contribution is -0.126. The summed E-state index contributed by atoms with van der Waals surface area (Å²) in [6, 6.07) is 2.81. The van der Waals surface area contributed by atoms with Gasteiger partial charge in [0.05, 0.1) is 61.5 Å². The number of nitrogens with two attached hydrogens (primary N) is 1. The van der Waals surface area contributed by atoms with Crippen LogP contribution in [0.1, 0.15) is 61.7 Å². The van der Waals surface area contributed by atoms with E-state index < -0.39 is 31.0 Å². The molecule has 10 N–H and O–H groups in total. The first kappa shape index (κ1) is 43.4. The van der Waals surface area contributed by atoms with Gasteiger partial charge in [0.2, 0.25) is 11.8 Å². The Kier molecular flexibility index (Phi) is 20.5. The molecule has 4 unspecified atom stereocenters. The maximum absolute atomic E-state index is 13.0. The van der Waals surface area contributed by atoms with Gasteiger partial charge in [0, 0.05) is 58.7 Å². The smallest absolute Gasteiger partial charge is 0.255 e. The third-order valence-corrected chi connectivity index (χ3v) is 8.92. The molecule has 1 aliphatic rings. The lowest BCUT2D eigenvalue weighted by Crippen LogP contribution is -2.55. The molecule has 1 fully saturated rings. The fourth-order valence-electron chi connectivity index (χ4n) is 5.46. The molecule has 17 heteroatoms. The number of halogens is 1. The van der Waals surface area contributed by atoms with Crippen LogP contribution in [0.2, 0.25) is 5.02 Å². The van der Waals surface area contributed by atoms with Crippen molar-refractivity contribution in [2.75, 3.05) is 72.5 Å². The first-order valence-electron chi connectivity index (χ1n) is 17.0. The number of piperidine rings is 1. The molecule has 0 saturated carbocycles. The number of nitrogens with one attached hydrogen (secondary N) is 3. The fraction of sp³-hybridized carbons (Fsp3) is 0.727. The number of ether oxygens (including phenoxy) is 3. The Morgan fingerprint density at radius 3 is 2.34 bits per heavy atom. The number of anilines is 1. The molecule has 0 aromatic heterocycles. The van der Waals surface area contributed by atoms with Gasteiger partial charge >= 0.3 is 0 Å². The summed E-state index contributed by atoms with van der Waals surface area (Å²) < 4.78 is 16.7. The van der Waals surface area contributed by atoms with Crippen molar-refractivity contribution in [3.63, 3.8) is 0 Å². The highest BCUT2D eigenvalue weighted by Crippen LogP contribution is 2.29. The summed E-state index contributed by atoms with van der Waals surface area (Å²) in [5, 5.41) is 56.0. The van der Waals surface area contributed by atoms with Gasteiger partial charge in [0.15, 0.2) is 0 Å². The minimum atomic E-state index is -1.74. The van der Waals surface area contributed by atoms with Crippen LogP contribution in [-0.4, -0.2) is 151 Å². The first-order chi connectivity index (χ1) is 23.9. The predicted octanol–water partition coefficient (Wildman–Crippen LogP) is -0.834. The average molecular weight is 734 g/mol. The molecular formula is C33H56ClN5O11. The summed E-state index contributed by atoms with van der Waals surface area (Å²) in [6.45, 7) is 2.26. The van der Waals surface area contributed by atoms with Crippen LogP contribution in [-0.2, 0) is 19.1 Å². The van der Waals surface area contributed by atoms with Crippen LogP contribution in [0.3, 0.4) is 0 Å². The molecule has 3 amide bonds. The zero-order chi connectivity index (χ0) is 37.1. The quantitative estimate of drug-likeness (QED) is 0.0466. The SMILES string of the molecule is COc1cc(N)c(Cl)cc1C(=O)N[C@@H]1CCN(CCOCCC(=O)NCCCCCCCC(=O)NCC(O)C(O)C(O)C(O)CO)C[C@@H]1OC. The number of rotatable bonds is 24. The standard InChI is InChI=1S/C33H56ClN5O11/c1-48-27-17-23(35)22(34)16-21(27)33(47)38-24-9-12-39(19-28(24)49-2)13-15-50-14-10-30(44)36-11-7-5-3-4-6-8-29(43)37-18-25(41)31(45)32(46)26(42)20-40/h16-17,24-26,28,31-32,40-42,45-46H,3-15,18-20,35H2,1-2H3,(H,36,44)(H,37,43)(H,38,47)/t24-,25?,26?,28+,31?,32?/m1/s1. The molecular weight excluding hydrogens is 678 g/mol. The van der Waals surface area contributed by atoms with Crippen molar-refractivity contribution >= 4 is 35.0 Å². The number of aliphatic hydroxyl groups is 5. The van der Waals surface area contributed by atoms with E-state index in [9.17, 15) is 34.8 Å². The second kappa shape index (κ2) is 23.6. The maximum Gasteiger partial charge on any atom is 0.255 e. The number of hydrogen-bond donors (Lipinski definition) is 9. The van der Waals surface area contributed by atoms with E-state index in [4.69, 9.17) is 36.7 Å². The van der Waals surface area contributed by atoms with Crippen molar-refractivity contribution in [1.82, 2.24) is 20.9 Å².